The highest BCUT2D eigenvalue weighted by atomic mass is 32.2. The molecule has 0 aliphatic carbocycles. The fraction of sp³-hybridized carbons (Fsp3) is 0.0345. The number of nitrogens with one attached hydrogen (secondary N) is 2. The van der Waals surface area contributed by atoms with Gasteiger partial charge in [-0.2, -0.15) is 16.8 Å². The Morgan fingerprint density at radius 1 is 0.553 bits per heavy atom. The van der Waals surface area contributed by atoms with Gasteiger partial charge in [0.1, 0.15) is 22.1 Å². The van der Waals surface area contributed by atoms with Crippen LogP contribution in [0.3, 0.4) is 0 Å². The fourth-order valence-electron chi connectivity index (χ4n) is 6.10. The lowest BCUT2D eigenvalue weighted by Crippen LogP contribution is -2.17. The van der Waals surface area contributed by atoms with E-state index in [0.717, 1.165) is 12.1 Å². The van der Waals surface area contributed by atoms with Gasteiger partial charge in [-0.25, -0.2) is 0 Å². The zero-order valence-electron chi connectivity index (χ0n) is 23.2. The van der Waals surface area contributed by atoms with Gasteiger partial charge in [0.05, 0.1) is 54.4 Å². The zero-order valence-corrected chi connectivity index (χ0v) is 24.8. The Morgan fingerprint density at radius 3 is 1.70 bits per heavy atom. The second kappa shape index (κ2) is 9.13. The van der Waals surface area contributed by atoms with E-state index >= 15 is 0 Å². The first-order chi connectivity index (χ1) is 21.9. The lowest BCUT2D eigenvalue weighted by molar-refractivity contribution is 0.446. The number of phenolic OH excluding ortho intramolecular Hbond substituents is 4. The number of hydrogen-bond donors (Lipinski definition) is 8. The Labute approximate surface area is 257 Å². The molecule has 0 atom stereocenters. The molecule has 47 heavy (non-hydrogen) atoms. The first-order valence-electron chi connectivity index (χ1n) is 13.0. The Bertz CT molecular complexity index is 3150. The molecule has 18 heteroatoms. The molecule has 0 saturated carbocycles. The molecule has 0 fully saturated rings. The third-order valence-corrected chi connectivity index (χ3v) is 9.95. The van der Waals surface area contributed by atoms with E-state index in [0.29, 0.717) is 6.07 Å². The number of fused-ring (bicyclic) bond motifs is 8. The summed E-state index contributed by atoms with van der Waals surface area (Å²) in [5.41, 5.74) is -6.58. The predicted molar refractivity (Wildman–Crippen MR) is 167 cm³/mol. The molecule has 0 unspecified atom stereocenters. The molecule has 0 radical (unpaired) electrons. The van der Waals surface area contributed by atoms with Crippen LogP contribution in [-0.2, 0) is 20.2 Å². The summed E-state index contributed by atoms with van der Waals surface area (Å²) in [6, 6.07) is 4.85. The van der Waals surface area contributed by atoms with Gasteiger partial charge < -0.3 is 30.4 Å². The van der Waals surface area contributed by atoms with Crippen molar-refractivity contribution in [2.75, 3.05) is 0 Å². The second-order valence-corrected chi connectivity index (χ2v) is 13.5. The number of aryl methyl sites for hydroxylation is 1. The summed E-state index contributed by atoms with van der Waals surface area (Å²) in [5, 5.41) is 38.1. The van der Waals surface area contributed by atoms with Gasteiger partial charge in [0.2, 0.25) is 10.9 Å². The molecule has 0 bridgehead atoms. The van der Waals surface area contributed by atoms with Crippen molar-refractivity contribution in [1.82, 2.24) is 9.97 Å². The Hall–Kier alpha value is -5.82. The maximum atomic E-state index is 13.9. The summed E-state index contributed by atoms with van der Waals surface area (Å²) in [4.78, 5) is 57.4. The monoisotopic (exact) mass is 680 g/mol. The molecule has 8 N–H and O–H groups in total. The number of H-pyrrole nitrogens is 2. The van der Waals surface area contributed by atoms with Gasteiger partial charge in [-0.1, -0.05) is 6.07 Å². The molecule has 7 aromatic rings. The van der Waals surface area contributed by atoms with Crippen LogP contribution in [0.1, 0.15) is 5.56 Å². The number of rotatable bonds is 2. The summed E-state index contributed by atoms with van der Waals surface area (Å²) < 4.78 is 68.7. The Morgan fingerprint density at radius 2 is 1.11 bits per heavy atom. The average Bonchev–Trinajstić information content (AvgIpc) is 2.96. The summed E-state index contributed by atoms with van der Waals surface area (Å²) in [5.74, 6) is -4.11. The van der Waals surface area contributed by atoms with Crippen molar-refractivity contribution in [3.05, 3.63) is 76.8 Å². The van der Waals surface area contributed by atoms with Crippen LogP contribution in [0.2, 0.25) is 0 Å². The predicted octanol–water partition coefficient (Wildman–Crippen LogP) is 1.76. The minimum atomic E-state index is -5.48. The zero-order chi connectivity index (χ0) is 34.2. The molecule has 1 heterocycles. The number of hydrogen-bond acceptors (Lipinski definition) is 12. The quantitative estimate of drug-likeness (QED) is 0.0734. The van der Waals surface area contributed by atoms with E-state index in [1.165, 1.54) is 19.1 Å². The standard InChI is InChI=1S/C29H16N2O14S2/c1-7-2-3-8-13(22(7)33)26(37)17-18(24(8)35)28(39)29(47(43,44)45)21-20(17)30-10-6-11(32)15-16(19(10)31-21)27(38)14-9(23(15)34)4-5-12(25(14)36)46(40,41)42/h2-6,30-33,36,39H,1H3,(H,40,41,42)(H,43,44,45). The topological polar surface area (TPSA) is 290 Å². The van der Waals surface area contributed by atoms with E-state index < -0.39 is 129 Å². The molecule has 0 amide bonds. The highest BCUT2D eigenvalue weighted by Crippen LogP contribution is 2.40. The van der Waals surface area contributed by atoms with Crippen molar-refractivity contribution in [1.29, 1.82) is 0 Å². The van der Waals surface area contributed by atoms with E-state index in [-0.39, 0.29) is 16.5 Å². The molecular formula is C29H16N2O14S2. The van der Waals surface area contributed by atoms with E-state index in [2.05, 4.69) is 9.97 Å². The van der Waals surface area contributed by atoms with Gasteiger partial charge in [0, 0.05) is 16.8 Å². The number of aromatic amines is 2. The van der Waals surface area contributed by atoms with Crippen molar-refractivity contribution in [2.45, 2.75) is 16.7 Å². The van der Waals surface area contributed by atoms with Crippen LogP contribution in [0.25, 0.3) is 65.2 Å². The summed E-state index contributed by atoms with van der Waals surface area (Å²) in [6.07, 6.45) is 0. The number of phenols is 4. The molecule has 0 spiro atoms. The highest BCUT2D eigenvalue weighted by molar-refractivity contribution is 7.86. The maximum absolute atomic E-state index is 13.9. The average molecular weight is 681 g/mol. The molecular weight excluding hydrogens is 664 g/mol. The Balaban J connectivity index is 1.83. The Kier molecular flexibility index (Phi) is 5.80. The first-order valence-corrected chi connectivity index (χ1v) is 15.9. The van der Waals surface area contributed by atoms with E-state index in [4.69, 9.17) is 0 Å². The fourth-order valence-corrected chi connectivity index (χ4v) is 7.45. The van der Waals surface area contributed by atoms with E-state index in [9.17, 15) is 65.5 Å². The van der Waals surface area contributed by atoms with Gasteiger partial charge >= 0.3 is 0 Å². The van der Waals surface area contributed by atoms with Crippen LogP contribution in [-0.4, -0.2) is 56.3 Å². The third-order valence-electron chi connectivity index (χ3n) is 8.15. The normalized spacial score (nSPS) is 12.7. The van der Waals surface area contributed by atoms with Crippen LogP contribution in [0.4, 0.5) is 0 Å². The third kappa shape index (κ3) is 3.80. The minimum absolute atomic E-state index is 0.192. The summed E-state index contributed by atoms with van der Waals surface area (Å²) >= 11 is 0. The van der Waals surface area contributed by atoms with Gasteiger partial charge in [-0.15, -0.1) is 0 Å². The van der Waals surface area contributed by atoms with Crippen molar-refractivity contribution >= 4 is 85.4 Å². The van der Waals surface area contributed by atoms with Crippen LogP contribution < -0.4 is 21.7 Å². The summed E-state index contributed by atoms with van der Waals surface area (Å²) in [6.45, 7) is 1.44. The molecule has 0 aliphatic heterocycles. The molecule has 238 valence electrons. The SMILES string of the molecule is Cc1ccc2c(=O)c3c(O)c(S(=O)(=O)O)c4[nH]c5c(cc(O)c6c(=O)c7ccc(S(=O)(=O)O)c(O)c7c(=O)c65)[nH]c4c3c(=O)c2c1O. The summed E-state index contributed by atoms with van der Waals surface area (Å²) in [7, 11) is -10.6. The van der Waals surface area contributed by atoms with Crippen molar-refractivity contribution < 1.29 is 46.4 Å². The van der Waals surface area contributed by atoms with Crippen LogP contribution >= 0.6 is 0 Å². The lowest BCUT2D eigenvalue weighted by Gasteiger charge is -2.15. The van der Waals surface area contributed by atoms with Gasteiger partial charge in [-0.3, -0.25) is 28.3 Å². The molecule has 6 aromatic carbocycles. The molecule has 0 aliphatic rings. The molecule has 1 aromatic heterocycles. The minimum Gasteiger partial charge on any atom is -0.507 e. The van der Waals surface area contributed by atoms with Gasteiger partial charge in [-0.05, 0) is 30.7 Å². The number of benzene rings is 6. The molecule has 0 saturated heterocycles. The second-order valence-electron chi connectivity index (χ2n) is 10.8. The maximum Gasteiger partial charge on any atom is 0.300 e. The van der Waals surface area contributed by atoms with Crippen LogP contribution in [0.5, 0.6) is 23.0 Å². The molecule has 7 rings (SSSR count). The van der Waals surface area contributed by atoms with Gasteiger partial charge in [0.25, 0.3) is 20.2 Å². The van der Waals surface area contributed by atoms with Gasteiger partial charge in [0.15, 0.2) is 21.5 Å². The van der Waals surface area contributed by atoms with Crippen LogP contribution in [0, 0.1) is 6.92 Å². The van der Waals surface area contributed by atoms with E-state index in [1.54, 1.807) is 0 Å². The number of aromatic hydroxyl groups is 4. The van der Waals surface area contributed by atoms with E-state index in [1.807, 2.05) is 0 Å². The first kappa shape index (κ1) is 29.9. The highest BCUT2D eigenvalue weighted by Gasteiger charge is 2.30. The van der Waals surface area contributed by atoms with Crippen molar-refractivity contribution in [3.8, 4) is 23.0 Å². The van der Waals surface area contributed by atoms with Crippen LogP contribution in [0.15, 0.2) is 59.3 Å². The largest absolute Gasteiger partial charge is 0.507 e. The number of aromatic nitrogens is 2. The van der Waals surface area contributed by atoms with Crippen molar-refractivity contribution in [3.63, 3.8) is 0 Å². The lowest BCUT2D eigenvalue weighted by atomic mass is 9.97. The smallest absolute Gasteiger partial charge is 0.300 e. The molecule has 16 nitrogen and oxygen atoms in total. The van der Waals surface area contributed by atoms with Crippen molar-refractivity contribution in [2.24, 2.45) is 0 Å².